The van der Waals surface area contributed by atoms with Gasteiger partial charge in [-0.05, 0) is 37.7 Å². The van der Waals surface area contributed by atoms with Gasteiger partial charge in [0.15, 0.2) is 0 Å². The number of aromatic nitrogens is 1. The number of halogens is 6. The number of fused-ring (bicyclic) bond motifs is 1. The van der Waals surface area contributed by atoms with Crippen LogP contribution >= 0.6 is 0 Å². The second-order valence-corrected chi connectivity index (χ2v) is 11.3. The fourth-order valence-corrected chi connectivity index (χ4v) is 6.45. The predicted molar refractivity (Wildman–Crippen MR) is 127 cm³/mol. The van der Waals surface area contributed by atoms with Crippen LogP contribution in [0.15, 0.2) is 16.9 Å². The molecule has 0 bridgehead atoms. The molecule has 0 spiro atoms. The Bertz CT molecular complexity index is 1160. The van der Waals surface area contributed by atoms with E-state index in [1.165, 1.54) is 9.47 Å². The summed E-state index contributed by atoms with van der Waals surface area (Å²) in [7, 11) is 0. The molecule has 39 heavy (non-hydrogen) atoms. The number of nitrogens with zero attached hydrogens (tertiary/aromatic N) is 3. The van der Waals surface area contributed by atoms with Gasteiger partial charge >= 0.3 is 18.3 Å². The third-order valence-corrected chi connectivity index (χ3v) is 8.65. The summed E-state index contributed by atoms with van der Waals surface area (Å²) in [6.45, 7) is 5.63. The Kier molecular flexibility index (Phi) is 7.87. The van der Waals surface area contributed by atoms with Crippen molar-refractivity contribution >= 4 is 11.8 Å². The van der Waals surface area contributed by atoms with Gasteiger partial charge < -0.3 is 19.1 Å². The van der Waals surface area contributed by atoms with E-state index in [0.717, 1.165) is 11.0 Å². The van der Waals surface area contributed by atoms with Crippen LogP contribution in [0, 0.1) is 17.3 Å². The van der Waals surface area contributed by atoms with Gasteiger partial charge in [-0.3, -0.25) is 14.4 Å². The highest BCUT2D eigenvalue weighted by Gasteiger charge is 2.55. The van der Waals surface area contributed by atoms with Gasteiger partial charge in [-0.1, -0.05) is 20.8 Å². The summed E-state index contributed by atoms with van der Waals surface area (Å²) in [5.74, 6) is -2.94. The molecule has 1 unspecified atom stereocenters. The molecular weight excluding hydrogens is 532 g/mol. The lowest BCUT2D eigenvalue weighted by atomic mass is 9.74. The molecule has 218 valence electrons. The molecule has 3 heterocycles. The first kappa shape index (κ1) is 29.4. The van der Waals surface area contributed by atoms with E-state index < -0.39 is 46.9 Å². The van der Waals surface area contributed by atoms with Crippen LogP contribution in [0.2, 0.25) is 0 Å². The average Bonchev–Trinajstić information content (AvgIpc) is 3.30. The number of amides is 2. The van der Waals surface area contributed by atoms with E-state index in [1.807, 2.05) is 0 Å². The van der Waals surface area contributed by atoms with Crippen molar-refractivity contribution in [2.24, 2.45) is 17.3 Å². The van der Waals surface area contributed by atoms with Gasteiger partial charge in [-0.15, -0.1) is 0 Å². The molecule has 0 aromatic carbocycles. The van der Waals surface area contributed by atoms with E-state index in [9.17, 15) is 40.7 Å². The van der Waals surface area contributed by atoms with Crippen LogP contribution in [0.4, 0.5) is 26.3 Å². The van der Waals surface area contributed by atoms with E-state index in [4.69, 9.17) is 4.74 Å². The van der Waals surface area contributed by atoms with Crippen LogP contribution in [0.3, 0.4) is 0 Å². The molecule has 0 radical (unpaired) electrons. The molecule has 2 aliphatic heterocycles. The first-order chi connectivity index (χ1) is 18.1. The highest BCUT2D eigenvalue weighted by molar-refractivity contribution is 5.85. The van der Waals surface area contributed by atoms with Gasteiger partial charge in [0.05, 0.1) is 24.1 Å². The third kappa shape index (κ3) is 5.55. The Labute approximate surface area is 222 Å². The minimum atomic E-state index is -5.08. The maximum Gasteiger partial charge on any atom is 0.471 e. The smallest absolute Gasteiger partial charge is 0.381 e. The third-order valence-electron chi connectivity index (χ3n) is 8.65. The highest BCUT2D eigenvalue weighted by atomic mass is 19.4. The minimum absolute atomic E-state index is 0.00786. The summed E-state index contributed by atoms with van der Waals surface area (Å²) in [5, 5.41) is 0. The van der Waals surface area contributed by atoms with Crippen molar-refractivity contribution in [2.45, 2.75) is 84.0 Å². The Morgan fingerprint density at radius 1 is 1.10 bits per heavy atom. The lowest BCUT2D eigenvalue weighted by Crippen LogP contribution is -2.56. The van der Waals surface area contributed by atoms with Gasteiger partial charge in [-0.25, -0.2) is 0 Å². The predicted octanol–water partition coefficient (Wildman–Crippen LogP) is 4.22. The number of carbonyl (C=O) groups excluding carboxylic acids is 2. The molecule has 1 aromatic rings. The normalized spacial score (nSPS) is 27.9. The zero-order valence-corrected chi connectivity index (χ0v) is 22.1. The fourth-order valence-electron chi connectivity index (χ4n) is 6.45. The van der Waals surface area contributed by atoms with Crippen molar-refractivity contribution in [3.05, 3.63) is 33.7 Å². The summed E-state index contributed by atoms with van der Waals surface area (Å²) in [5.41, 5.74) is -2.96. The highest BCUT2D eigenvalue weighted by Crippen LogP contribution is 2.49. The van der Waals surface area contributed by atoms with Crippen LogP contribution < -0.4 is 5.56 Å². The maximum absolute atomic E-state index is 14.0. The zero-order valence-electron chi connectivity index (χ0n) is 22.1. The molecule has 4 atom stereocenters. The number of hydrogen-bond acceptors (Lipinski definition) is 4. The maximum atomic E-state index is 14.0. The topological polar surface area (TPSA) is 71.9 Å². The first-order valence-electron chi connectivity index (χ1n) is 13.1. The Hall–Kier alpha value is -2.57. The molecule has 2 amide bonds. The lowest BCUT2D eigenvalue weighted by Gasteiger charge is -2.44. The second-order valence-electron chi connectivity index (χ2n) is 11.3. The molecule has 4 rings (SSSR count). The van der Waals surface area contributed by atoms with E-state index in [0.29, 0.717) is 6.07 Å². The van der Waals surface area contributed by atoms with E-state index in [2.05, 4.69) is 0 Å². The number of carbonyl (C=O) groups is 2. The summed E-state index contributed by atoms with van der Waals surface area (Å²) < 4.78 is 87.7. The second kappa shape index (κ2) is 10.4. The van der Waals surface area contributed by atoms with Crippen LogP contribution in [0.1, 0.15) is 57.7 Å². The molecule has 2 fully saturated rings. The average molecular weight is 566 g/mol. The molecule has 1 saturated carbocycles. The van der Waals surface area contributed by atoms with Gasteiger partial charge in [0.1, 0.15) is 0 Å². The van der Waals surface area contributed by atoms with E-state index >= 15 is 0 Å². The van der Waals surface area contributed by atoms with Crippen molar-refractivity contribution in [1.82, 2.24) is 14.4 Å². The molecule has 7 nitrogen and oxygen atoms in total. The zero-order chi connectivity index (χ0) is 28.9. The molecule has 3 aliphatic rings. The fraction of sp³-hybridized carbons (Fsp3) is 0.731. The van der Waals surface area contributed by atoms with Crippen molar-refractivity contribution in [3.8, 4) is 0 Å². The van der Waals surface area contributed by atoms with Gasteiger partial charge in [0.2, 0.25) is 5.91 Å². The number of pyridine rings is 1. The Morgan fingerprint density at radius 2 is 1.79 bits per heavy atom. The molecule has 0 N–H and O–H groups in total. The quantitative estimate of drug-likeness (QED) is 0.513. The van der Waals surface area contributed by atoms with Crippen molar-refractivity contribution < 1.29 is 40.7 Å². The Balaban J connectivity index is 1.63. The summed E-state index contributed by atoms with van der Waals surface area (Å²) in [6, 6.07) is -0.129. The van der Waals surface area contributed by atoms with Crippen molar-refractivity contribution in [3.63, 3.8) is 0 Å². The number of rotatable bonds is 4. The van der Waals surface area contributed by atoms with Crippen LogP contribution in [0.25, 0.3) is 0 Å². The van der Waals surface area contributed by atoms with Gasteiger partial charge in [-0.2, -0.15) is 26.3 Å². The number of ether oxygens (including phenoxy) is 1. The van der Waals surface area contributed by atoms with Crippen molar-refractivity contribution in [2.75, 3.05) is 19.8 Å². The van der Waals surface area contributed by atoms with Gasteiger partial charge in [0.25, 0.3) is 5.56 Å². The monoisotopic (exact) mass is 565 g/mol. The molecule has 1 saturated heterocycles. The van der Waals surface area contributed by atoms with Crippen molar-refractivity contribution in [1.29, 1.82) is 0 Å². The SMILES string of the molecule is CC(C)[C@]1(C(=O)N2CCn3c(cc(C(F)(F)F)cc3=O)C2)CCC(N(C(=O)C(F)(F)F)[C@H]2CCOC[C@H]2C)C1. The molecule has 1 aliphatic carbocycles. The summed E-state index contributed by atoms with van der Waals surface area (Å²) in [6.07, 6.45) is -9.11. The molecule has 13 heteroatoms. The summed E-state index contributed by atoms with van der Waals surface area (Å²) >= 11 is 0. The van der Waals surface area contributed by atoms with E-state index in [1.54, 1.807) is 20.8 Å². The van der Waals surface area contributed by atoms with Gasteiger partial charge in [0, 0.05) is 49.5 Å². The molecule has 1 aromatic heterocycles. The van der Waals surface area contributed by atoms with E-state index in [-0.39, 0.29) is 82.0 Å². The lowest BCUT2D eigenvalue weighted by molar-refractivity contribution is -0.194. The molecular formula is C26H33F6N3O4. The summed E-state index contributed by atoms with van der Waals surface area (Å²) in [4.78, 5) is 41.3. The minimum Gasteiger partial charge on any atom is -0.381 e. The number of alkyl halides is 6. The standard InChI is InChI=1S/C26H33F6N3O4/c1-15(2)24(22(37)33-7-8-34-19(13-33)10-17(11-21(34)36)25(27,28)29)6-4-18(12-24)35(23(38)26(30,31)32)20-5-9-39-14-16(20)3/h10-11,15-16,18,20H,4-9,12-14H2,1-3H3/t16-,18?,20+,24+/m1/s1. The van der Waals surface area contributed by atoms with Crippen LogP contribution in [-0.2, 0) is 33.6 Å². The largest absolute Gasteiger partial charge is 0.471 e. The van der Waals surface area contributed by atoms with Crippen LogP contribution in [0.5, 0.6) is 0 Å². The number of hydrogen-bond donors (Lipinski definition) is 0. The van der Waals surface area contributed by atoms with Crippen LogP contribution in [-0.4, -0.2) is 64.2 Å². The first-order valence-corrected chi connectivity index (χ1v) is 13.1. The Morgan fingerprint density at radius 3 is 2.38 bits per heavy atom.